The summed E-state index contributed by atoms with van der Waals surface area (Å²) in [6.45, 7) is 6.37. The molecule has 2 aromatic carbocycles. The third-order valence-corrected chi connectivity index (χ3v) is 4.59. The fourth-order valence-electron chi connectivity index (χ4n) is 3.02. The van der Waals surface area contributed by atoms with Crippen LogP contribution in [0.5, 0.6) is 5.75 Å². The molecule has 0 saturated heterocycles. The van der Waals surface area contributed by atoms with E-state index in [1.165, 1.54) is 0 Å². The number of methoxy groups -OCH3 is 1. The first-order valence-electron chi connectivity index (χ1n) is 9.60. The quantitative estimate of drug-likeness (QED) is 0.693. The highest BCUT2D eigenvalue weighted by Gasteiger charge is 2.14. The Bertz CT molecular complexity index is 769. The van der Waals surface area contributed by atoms with Gasteiger partial charge in [-0.25, -0.2) is 0 Å². The predicted molar refractivity (Wildman–Crippen MR) is 111 cm³/mol. The lowest BCUT2D eigenvalue weighted by Gasteiger charge is -2.18. The first-order valence-corrected chi connectivity index (χ1v) is 9.60. The number of benzene rings is 2. The van der Waals surface area contributed by atoms with Crippen LogP contribution in [0.15, 0.2) is 48.5 Å². The van der Waals surface area contributed by atoms with E-state index in [1.54, 1.807) is 36.3 Å². The molecule has 0 heterocycles. The number of anilines is 1. The molecule has 2 amide bonds. The van der Waals surface area contributed by atoms with Gasteiger partial charge in [-0.2, -0.15) is 0 Å². The van der Waals surface area contributed by atoms with E-state index in [0.717, 1.165) is 22.8 Å². The molecule has 2 aromatic rings. The molecule has 1 unspecified atom stereocenters. The van der Waals surface area contributed by atoms with Gasteiger partial charge in [0.05, 0.1) is 14.2 Å². The smallest absolute Gasteiger partial charge is 0.279 e. The van der Waals surface area contributed by atoms with Crippen molar-refractivity contribution in [1.82, 2.24) is 4.90 Å². The third-order valence-electron chi connectivity index (χ3n) is 4.59. The second-order valence-electron chi connectivity index (χ2n) is 6.76. The summed E-state index contributed by atoms with van der Waals surface area (Å²) in [4.78, 5) is 27.5. The van der Waals surface area contributed by atoms with Crippen LogP contribution < -0.4 is 15.0 Å². The average molecular weight is 385 g/mol. The first kappa shape index (κ1) is 21.4. The Balaban J connectivity index is 1.87. The van der Waals surface area contributed by atoms with E-state index in [4.69, 9.17) is 4.74 Å². The van der Waals surface area contributed by atoms with Crippen LogP contribution in [0.4, 0.5) is 5.69 Å². The number of nitrogens with one attached hydrogen (secondary N) is 2. The zero-order valence-corrected chi connectivity index (χ0v) is 17.1. The van der Waals surface area contributed by atoms with E-state index in [1.807, 2.05) is 45.2 Å². The second-order valence-corrected chi connectivity index (χ2v) is 6.76. The van der Waals surface area contributed by atoms with E-state index >= 15 is 0 Å². The van der Waals surface area contributed by atoms with Crippen LogP contribution >= 0.6 is 0 Å². The van der Waals surface area contributed by atoms with Crippen molar-refractivity contribution in [1.29, 1.82) is 0 Å². The molecule has 2 N–H and O–H groups in total. The maximum Gasteiger partial charge on any atom is 0.279 e. The molecule has 0 aromatic heterocycles. The minimum absolute atomic E-state index is 0.00606. The standard InChI is InChI=1S/C22H29N3O3/c1-5-25(6-2)22(27)18-9-11-19(12-10-18)23-21(26)16-24(3)15-17-7-13-20(28-4)14-8-17/h7-14H,5-6,15-16H2,1-4H3,(H,23,26)/p+1. The van der Waals surface area contributed by atoms with E-state index in [-0.39, 0.29) is 11.8 Å². The van der Waals surface area contributed by atoms with Crippen molar-refractivity contribution >= 4 is 17.5 Å². The van der Waals surface area contributed by atoms with Crippen LogP contribution in [0.3, 0.4) is 0 Å². The van der Waals surface area contributed by atoms with Gasteiger partial charge >= 0.3 is 0 Å². The maximum absolute atomic E-state index is 12.3. The molecule has 0 aliphatic heterocycles. The van der Waals surface area contributed by atoms with Crippen LogP contribution in [-0.4, -0.2) is 50.5 Å². The number of amides is 2. The molecule has 0 spiro atoms. The summed E-state index contributed by atoms with van der Waals surface area (Å²) in [6, 6.07) is 14.9. The molecule has 0 radical (unpaired) electrons. The Morgan fingerprint density at radius 2 is 1.61 bits per heavy atom. The molecule has 0 saturated carbocycles. The highest BCUT2D eigenvalue weighted by Crippen LogP contribution is 2.12. The second kappa shape index (κ2) is 10.5. The Kier molecular flexibility index (Phi) is 8.02. The molecule has 28 heavy (non-hydrogen) atoms. The van der Waals surface area contributed by atoms with Crippen molar-refractivity contribution in [3.63, 3.8) is 0 Å². The van der Waals surface area contributed by atoms with Crippen LogP contribution in [0.1, 0.15) is 29.8 Å². The summed E-state index contributed by atoms with van der Waals surface area (Å²) >= 11 is 0. The van der Waals surface area contributed by atoms with Gasteiger partial charge in [0.25, 0.3) is 11.8 Å². The SMILES string of the molecule is CCN(CC)C(=O)c1ccc(NC(=O)C[NH+](C)Cc2ccc(OC)cc2)cc1. The van der Waals surface area contributed by atoms with E-state index in [2.05, 4.69) is 5.32 Å². The fourth-order valence-corrected chi connectivity index (χ4v) is 3.02. The number of rotatable bonds is 9. The topological polar surface area (TPSA) is 63.1 Å². The normalized spacial score (nSPS) is 11.6. The minimum atomic E-state index is -0.0613. The lowest BCUT2D eigenvalue weighted by atomic mass is 10.1. The number of quaternary nitrogens is 1. The Hall–Kier alpha value is -2.86. The van der Waals surface area contributed by atoms with Crippen LogP contribution in [0, 0.1) is 0 Å². The number of carbonyl (C=O) groups excluding carboxylic acids is 2. The summed E-state index contributed by atoms with van der Waals surface area (Å²) in [5.74, 6) is 0.766. The van der Waals surface area contributed by atoms with Crippen LogP contribution in [0.2, 0.25) is 0 Å². The van der Waals surface area contributed by atoms with Crippen molar-refractivity contribution in [3.8, 4) is 5.75 Å². The molecular weight excluding hydrogens is 354 g/mol. The molecule has 2 rings (SSSR count). The lowest BCUT2D eigenvalue weighted by Crippen LogP contribution is -3.08. The van der Waals surface area contributed by atoms with Gasteiger partial charge < -0.3 is 19.9 Å². The highest BCUT2D eigenvalue weighted by atomic mass is 16.5. The lowest BCUT2D eigenvalue weighted by molar-refractivity contribution is -0.885. The van der Waals surface area contributed by atoms with E-state index in [0.29, 0.717) is 30.9 Å². The van der Waals surface area contributed by atoms with Gasteiger partial charge in [-0.1, -0.05) is 0 Å². The summed E-state index contributed by atoms with van der Waals surface area (Å²) in [5, 5.41) is 2.90. The van der Waals surface area contributed by atoms with Crippen LogP contribution in [0.25, 0.3) is 0 Å². The van der Waals surface area contributed by atoms with Gasteiger partial charge in [0, 0.05) is 29.9 Å². The molecule has 0 aliphatic carbocycles. The Morgan fingerprint density at radius 3 is 2.14 bits per heavy atom. The van der Waals surface area contributed by atoms with Gasteiger partial charge in [0.15, 0.2) is 6.54 Å². The monoisotopic (exact) mass is 384 g/mol. The Labute approximate surface area is 167 Å². The molecule has 0 aliphatic rings. The molecule has 150 valence electrons. The summed E-state index contributed by atoms with van der Waals surface area (Å²) in [6.07, 6.45) is 0. The number of carbonyl (C=O) groups is 2. The summed E-state index contributed by atoms with van der Waals surface area (Å²) in [7, 11) is 3.62. The minimum Gasteiger partial charge on any atom is -0.497 e. The third kappa shape index (κ3) is 6.09. The number of likely N-dealkylation sites (N-methyl/N-ethyl adjacent to an activating group) is 1. The number of nitrogens with zero attached hydrogens (tertiary/aromatic N) is 1. The van der Waals surface area contributed by atoms with E-state index in [9.17, 15) is 9.59 Å². The van der Waals surface area contributed by atoms with Gasteiger partial charge in [-0.05, 0) is 62.4 Å². The first-order chi connectivity index (χ1) is 13.5. The van der Waals surface area contributed by atoms with Crippen molar-refractivity contribution in [2.75, 3.05) is 39.1 Å². The van der Waals surface area contributed by atoms with Crippen LogP contribution in [-0.2, 0) is 11.3 Å². The number of ether oxygens (including phenoxy) is 1. The van der Waals surface area contributed by atoms with Crippen molar-refractivity contribution < 1.29 is 19.2 Å². The molecule has 1 atom stereocenters. The largest absolute Gasteiger partial charge is 0.497 e. The van der Waals surface area contributed by atoms with Gasteiger partial charge in [0.1, 0.15) is 12.3 Å². The molecule has 6 nitrogen and oxygen atoms in total. The summed E-state index contributed by atoms with van der Waals surface area (Å²) < 4.78 is 5.16. The van der Waals surface area contributed by atoms with Gasteiger partial charge in [-0.3, -0.25) is 9.59 Å². The van der Waals surface area contributed by atoms with Crippen molar-refractivity contribution in [3.05, 3.63) is 59.7 Å². The predicted octanol–water partition coefficient (Wildman–Crippen LogP) is 1.83. The average Bonchev–Trinajstić information content (AvgIpc) is 2.69. The number of hydrogen-bond acceptors (Lipinski definition) is 3. The highest BCUT2D eigenvalue weighted by molar-refractivity contribution is 5.96. The van der Waals surface area contributed by atoms with Crippen molar-refractivity contribution in [2.45, 2.75) is 20.4 Å². The summed E-state index contributed by atoms with van der Waals surface area (Å²) in [5.41, 5.74) is 2.47. The number of hydrogen-bond donors (Lipinski definition) is 2. The molecule has 0 fully saturated rings. The Morgan fingerprint density at radius 1 is 1.00 bits per heavy atom. The van der Waals surface area contributed by atoms with Gasteiger partial charge in [0.2, 0.25) is 0 Å². The zero-order valence-electron chi connectivity index (χ0n) is 17.1. The zero-order chi connectivity index (χ0) is 20.5. The molecule has 6 heteroatoms. The molecule has 0 bridgehead atoms. The maximum atomic E-state index is 12.3. The van der Waals surface area contributed by atoms with E-state index < -0.39 is 0 Å². The molecular formula is C22H30N3O3+. The van der Waals surface area contributed by atoms with Gasteiger partial charge in [-0.15, -0.1) is 0 Å². The fraction of sp³-hybridized carbons (Fsp3) is 0.364. The van der Waals surface area contributed by atoms with Crippen molar-refractivity contribution in [2.24, 2.45) is 0 Å².